The molecule has 0 aromatic heterocycles. The van der Waals surface area contributed by atoms with E-state index in [1.54, 1.807) is 17.0 Å². The van der Waals surface area contributed by atoms with Crippen LogP contribution < -0.4 is 19.1 Å². The van der Waals surface area contributed by atoms with E-state index in [-0.39, 0.29) is 65.2 Å². The Bertz CT molecular complexity index is 1250. The first-order valence-electron chi connectivity index (χ1n) is 13.6. The molecule has 2 N–H and O–H groups in total. The maximum absolute atomic E-state index is 15.2. The Morgan fingerprint density at radius 1 is 1.07 bits per heavy atom. The molecule has 0 saturated heterocycles. The van der Waals surface area contributed by atoms with E-state index in [0.29, 0.717) is 24.2 Å². The van der Waals surface area contributed by atoms with Crippen molar-refractivity contribution in [3.05, 3.63) is 46.3 Å². The molecule has 226 valence electrons. The quantitative estimate of drug-likeness (QED) is 0.173. The maximum Gasteiger partial charge on any atom is 0.303 e. The fourth-order valence-electron chi connectivity index (χ4n) is 4.84. The molecule has 0 bridgehead atoms. The largest absolute Gasteiger partial charge is 0.493 e. The average Bonchev–Trinajstić information content (AvgIpc) is 3.23. The summed E-state index contributed by atoms with van der Waals surface area (Å²) in [5.74, 6) is -0.799. The fourth-order valence-corrected chi connectivity index (χ4v) is 4.84. The molecule has 0 radical (unpaired) electrons. The monoisotopic (exact) mass is 637 g/mol. The first-order chi connectivity index (χ1) is 19.1. The van der Waals surface area contributed by atoms with E-state index < -0.39 is 11.8 Å². The summed E-state index contributed by atoms with van der Waals surface area (Å²) >= 11 is 0. The molecule has 0 atom stereocenters. The molecule has 1 aliphatic rings. The van der Waals surface area contributed by atoms with Crippen LogP contribution in [0.2, 0.25) is 0 Å². The van der Waals surface area contributed by atoms with Gasteiger partial charge in [-0.3, -0.25) is 15.0 Å². The van der Waals surface area contributed by atoms with Gasteiger partial charge in [0.1, 0.15) is 11.6 Å². The highest BCUT2D eigenvalue weighted by Crippen LogP contribution is 2.39. The molecule has 11 heteroatoms. The normalized spacial score (nSPS) is 12.0. The van der Waals surface area contributed by atoms with Crippen LogP contribution in [0.1, 0.15) is 72.5 Å². The van der Waals surface area contributed by atoms with Crippen molar-refractivity contribution in [1.82, 2.24) is 4.90 Å². The number of carboxylic acids is 1. The summed E-state index contributed by atoms with van der Waals surface area (Å²) in [7, 11) is 6.56. The van der Waals surface area contributed by atoms with Gasteiger partial charge in [-0.1, -0.05) is 13.3 Å². The number of carbonyl (C=O) groups excluding carboxylic acids is 1. The van der Waals surface area contributed by atoms with Gasteiger partial charge in [-0.2, -0.15) is 0 Å². The number of aliphatic carboxylic acids is 1. The molecule has 2 aromatic carbocycles. The molecule has 9 nitrogen and oxygen atoms in total. The number of hydrogen-bond donors (Lipinski definition) is 2. The van der Waals surface area contributed by atoms with E-state index in [0.717, 1.165) is 49.1 Å². The van der Waals surface area contributed by atoms with Crippen LogP contribution in [0.25, 0.3) is 0 Å². The van der Waals surface area contributed by atoms with Crippen molar-refractivity contribution in [2.45, 2.75) is 58.4 Å². The van der Waals surface area contributed by atoms with Crippen molar-refractivity contribution in [3.8, 4) is 17.2 Å². The highest BCUT2D eigenvalue weighted by atomic mass is 79.9. The van der Waals surface area contributed by atoms with E-state index in [2.05, 4.69) is 6.92 Å². The van der Waals surface area contributed by atoms with Crippen LogP contribution in [0.4, 0.5) is 10.1 Å². The number of benzene rings is 2. The molecule has 0 spiro atoms. The van der Waals surface area contributed by atoms with Crippen LogP contribution in [0.3, 0.4) is 0 Å². The minimum atomic E-state index is -0.796. The van der Waals surface area contributed by atoms with Gasteiger partial charge in [-0.05, 0) is 61.4 Å². The van der Waals surface area contributed by atoms with Crippen molar-refractivity contribution < 1.29 is 33.3 Å². The summed E-state index contributed by atoms with van der Waals surface area (Å²) in [6, 6.07) is 5.32. The Hall–Kier alpha value is -3.34. The lowest BCUT2D eigenvalue weighted by Gasteiger charge is -2.23. The van der Waals surface area contributed by atoms with E-state index in [1.807, 2.05) is 25.1 Å². The maximum atomic E-state index is 15.2. The van der Waals surface area contributed by atoms with Gasteiger partial charge < -0.3 is 29.1 Å². The first kappa shape index (κ1) is 33.9. The van der Waals surface area contributed by atoms with Crippen molar-refractivity contribution >= 4 is 40.3 Å². The number of carboxylic acid groups (broad SMARTS) is 1. The molecular weight excluding hydrogens is 597 g/mol. The SMILES string of the molecule is Br.CCCCc1cc(C(=O)CN2Cc3cc(OC)c(OC)c(F)c3C2=N)cc(N(C)C)c1OCCCCCC(=O)O. The third-order valence-electron chi connectivity index (χ3n) is 6.97. The number of unbranched alkanes of at least 4 members (excludes halogenated alkanes) is 3. The molecule has 1 heterocycles. The lowest BCUT2D eigenvalue weighted by Crippen LogP contribution is -2.30. The Morgan fingerprint density at radius 2 is 1.80 bits per heavy atom. The van der Waals surface area contributed by atoms with Crippen molar-refractivity contribution in [1.29, 1.82) is 5.41 Å². The minimum Gasteiger partial charge on any atom is -0.493 e. The summed E-state index contributed by atoms with van der Waals surface area (Å²) in [6.07, 6.45) is 4.89. The molecule has 0 amide bonds. The zero-order valence-corrected chi connectivity index (χ0v) is 26.2. The number of ketones is 1. The third kappa shape index (κ3) is 8.12. The number of methoxy groups -OCH3 is 2. The number of nitrogens with zero attached hydrogens (tertiary/aromatic N) is 2. The predicted molar refractivity (Wildman–Crippen MR) is 162 cm³/mol. The number of carbonyl (C=O) groups is 2. The first-order valence-corrected chi connectivity index (χ1v) is 13.6. The van der Waals surface area contributed by atoms with Gasteiger partial charge >= 0.3 is 5.97 Å². The summed E-state index contributed by atoms with van der Waals surface area (Å²) in [6.45, 7) is 2.68. The highest BCUT2D eigenvalue weighted by Gasteiger charge is 2.33. The second kappa shape index (κ2) is 15.6. The standard InChI is InChI=1S/C30H40FN3O6.BrH/c1-6-7-11-19-14-20(15-22(33(2)3)28(19)40-13-10-8-9-12-25(36)37)23(35)18-34-17-21-16-24(38-4)29(39-5)27(31)26(21)30(34)32;/h14-16,32H,6-13,17-18H2,1-5H3,(H,36,37);1H. The molecule has 1 aliphatic heterocycles. The smallest absolute Gasteiger partial charge is 0.303 e. The molecule has 41 heavy (non-hydrogen) atoms. The van der Waals surface area contributed by atoms with Gasteiger partial charge in [0, 0.05) is 32.6 Å². The van der Waals surface area contributed by atoms with Crippen LogP contribution in [0.15, 0.2) is 18.2 Å². The summed E-state index contributed by atoms with van der Waals surface area (Å²) in [5.41, 5.74) is 2.90. The minimum absolute atomic E-state index is 0. The molecular formula is C30H41BrFN3O6. The van der Waals surface area contributed by atoms with Crippen molar-refractivity contribution in [2.75, 3.05) is 46.4 Å². The van der Waals surface area contributed by atoms with E-state index >= 15 is 4.39 Å². The third-order valence-corrected chi connectivity index (χ3v) is 6.97. The van der Waals surface area contributed by atoms with Crippen LogP contribution >= 0.6 is 17.0 Å². The molecule has 0 saturated carbocycles. The average molecular weight is 639 g/mol. The van der Waals surface area contributed by atoms with Crippen molar-refractivity contribution in [3.63, 3.8) is 0 Å². The van der Waals surface area contributed by atoms with Crippen LogP contribution in [0.5, 0.6) is 17.2 Å². The van der Waals surface area contributed by atoms with Gasteiger partial charge in [0.15, 0.2) is 23.1 Å². The Balaban J connectivity index is 0.00000588. The Morgan fingerprint density at radius 3 is 2.41 bits per heavy atom. The number of rotatable bonds is 16. The number of nitrogens with one attached hydrogen (secondary N) is 1. The number of aryl methyl sites for hydroxylation is 1. The zero-order chi connectivity index (χ0) is 29.4. The molecule has 3 rings (SSSR count). The lowest BCUT2D eigenvalue weighted by atomic mass is 9.99. The number of hydrogen-bond acceptors (Lipinski definition) is 7. The number of Topliss-reactive ketones (excluding diaryl/α,β-unsaturated/α-hetero) is 1. The number of ether oxygens (including phenoxy) is 3. The van der Waals surface area contributed by atoms with Crippen LogP contribution in [-0.4, -0.2) is 69.1 Å². The van der Waals surface area contributed by atoms with Gasteiger partial charge in [0.05, 0.1) is 38.6 Å². The van der Waals surface area contributed by atoms with E-state index in [9.17, 15) is 9.59 Å². The molecule has 2 aromatic rings. The van der Waals surface area contributed by atoms with Gasteiger partial charge in [0.25, 0.3) is 0 Å². The zero-order valence-electron chi connectivity index (χ0n) is 24.5. The number of amidine groups is 1. The van der Waals surface area contributed by atoms with E-state index in [1.165, 1.54) is 14.2 Å². The fraction of sp³-hybridized carbons (Fsp3) is 0.500. The Kier molecular flexibility index (Phi) is 12.9. The molecule has 0 unspecified atom stereocenters. The summed E-state index contributed by atoms with van der Waals surface area (Å²) in [5, 5.41) is 17.4. The molecule has 0 aliphatic carbocycles. The lowest BCUT2D eigenvalue weighted by molar-refractivity contribution is -0.137. The van der Waals surface area contributed by atoms with Crippen molar-refractivity contribution in [2.24, 2.45) is 0 Å². The van der Waals surface area contributed by atoms with Crippen LogP contribution in [0, 0.1) is 11.2 Å². The van der Waals surface area contributed by atoms with Gasteiger partial charge in [-0.15, -0.1) is 17.0 Å². The second-order valence-electron chi connectivity index (χ2n) is 10.1. The highest BCUT2D eigenvalue weighted by molar-refractivity contribution is 8.93. The second-order valence-corrected chi connectivity index (χ2v) is 10.1. The van der Waals surface area contributed by atoms with Crippen LogP contribution in [-0.2, 0) is 17.8 Å². The molecule has 0 fully saturated rings. The predicted octanol–water partition coefficient (Wildman–Crippen LogP) is 5.88. The van der Waals surface area contributed by atoms with E-state index in [4.69, 9.17) is 24.7 Å². The number of halogens is 2. The van der Waals surface area contributed by atoms with Gasteiger partial charge in [-0.25, -0.2) is 4.39 Å². The number of anilines is 1. The Labute approximate surface area is 251 Å². The summed E-state index contributed by atoms with van der Waals surface area (Å²) in [4.78, 5) is 27.8. The summed E-state index contributed by atoms with van der Waals surface area (Å²) < 4.78 is 31.8. The van der Waals surface area contributed by atoms with Gasteiger partial charge in [0.2, 0.25) is 0 Å². The topological polar surface area (TPSA) is 112 Å². The number of fused-ring (bicyclic) bond motifs is 1.